The Morgan fingerprint density at radius 1 is 0.413 bits per heavy atom. The number of halogens is 2. The molecule has 8 heteroatoms. The van der Waals surface area contributed by atoms with Crippen LogP contribution in [0.3, 0.4) is 0 Å². The normalized spacial score (nSPS) is 13.3. The van der Waals surface area contributed by atoms with E-state index in [2.05, 4.69) is 42.0 Å². The second-order valence-electron chi connectivity index (χ2n) is 15.2. The largest absolute Gasteiger partial charge is 1.00 e. The van der Waals surface area contributed by atoms with Crippen molar-refractivity contribution in [3.05, 3.63) is 0 Å². The second-order valence-corrected chi connectivity index (χ2v) is 15.2. The lowest BCUT2D eigenvalue weighted by Gasteiger charge is -2.34. The molecule has 0 fully saturated rings. The molecule has 0 amide bonds. The zero-order chi connectivity index (χ0) is 32.8. The van der Waals surface area contributed by atoms with Crippen LogP contribution in [0.1, 0.15) is 155 Å². The van der Waals surface area contributed by atoms with Crippen LogP contribution in [0, 0.1) is 0 Å². The average Bonchev–Trinajstić information content (AvgIpc) is 2.96. The van der Waals surface area contributed by atoms with Crippen LogP contribution < -0.4 is 34.0 Å². The molecule has 0 aliphatic carbocycles. The highest BCUT2D eigenvalue weighted by molar-refractivity contribution is 4.56. The number of rotatable bonds is 35. The van der Waals surface area contributed by atoms with Crippen LogP contribution in [-0.4, -0.2) is 112 Å². The van der Waals surface area contributed by atoms with Crippen molar-refractivity contribution in [1.82, 2.24) is 0 Å². The van der Waals surface area contributed by atoms with Gasteiger partial charge >= 0.3 is 0 Å². The number of hydrogen-bond donors (Lipinski definition) is 2. The summed E-state index contributed by atoms with van der Waals surface area (Å²) in [6.45, 7) is 10.5. The summed E-state index contributed by atoms with van der Waals surface area (Å²) in [7, 11) is 8.84. The molecule has 0 aromatic carbocycles. The van der Waals surface area contributed by atoms with E-state index in [9.17, 15) is 10.2 Å². The number of quaternary nitrogens is 2. The molecule has 0 spiro atoms. The summed E-state index contributed by atoms with van der Waals surface area (Å²) in [6.07, 6.45) is 28.0. The molecule has 2 N–H and O–H groups in total. The second kappa shape index (κ2) is 35.5. The maximum absolute atomic E-state index is 10.5. The van der Waals surface area contributed by atoms with Crippen molar-refractivity contribution in [3.63, 3.8) is 0 Å². The third-order valence-corrected chi connectivity index (χ3v) is 9.09. The first kappa shape index (κ1) is 51.1. The van der Waals surface area contributed by atoms with E-state index in [1.54, 1.807) is 0 Å². The van der Waals surface area contributed by atoms with Gasteiger partial charge in [0, 0.05) is 26.1 Å². The third kappa shape index (κ3) is 37.5. The first-order valence-corrected chi connectivity index (χ1v) is 19.3. The van der Waals surface area contributed by atoms with Crippen molar-refractivity contribution in [2.24, 2.45) is 0 Å². The minimum Gasteiger partial charge on any atom is -1.00 e. The van der Waals surface area contributed by atoms with Crippen LogP contribution in [-0.2, 0) is 9.47 Å². The number of nitrogens with zero attached hydrogens (tertiary/aromatic N) is 2. The van der Waals surface area contributed by atoms with Crippen molar-refractivity contribution in [3.8, 4) is 0 Å². The molecule has 0 saturated heterocycles. The number of likely N-dealkylation sites (N-methyl/N-ethyl adjacent to an activating group) is 2. The smallest absolute Gasteiger partial charge is 0.126 e. The first-order chi connectivity index (χ1) is 21.1. The van der Waals surface area contributed by atoms with Crippen LogP contribution in [0.25, 0.3) is 0 Å². The Kier molecular flexibility index (Phi) is 39.5. The van der Waals surface area contributed by atoms with Crippen LogP contribution in [0.4, 0.5) is 0 Å². The van der Waals surface area contributed by atoms with Crippen LogP contribution >= 0.6 is 0 Å². The van der Waals surface area contributed by atoms with E-state index in [0.717, 1.165) is 74.0 Å². The summed E-state index contributed by atoms with van der Waals surface area (Å²) in [6, 6.07) is 0. The zero-order valence-electron chi connectivity index (χ0n) is 31.7. The number of unbranched alkanes of at least 4 members (excludes halogenated alkanes) is 19. The maximum atomic E-state index is 10.5. The van der Waals surface area contributed by atoms with Gasteiger partial charge in [0.1, 0.15) is 25.3 Å². The van der Waals surface area contributed by atoms with Gasteiger partial charge in [-0.1, -0.05) is 129 Å². The van der Waals surface area contributed by atoms with E-state index in [-0.39, 0.29) is 34.0 Å². The van der Waals surface area contributed by atoms with Gasteiger partial charge < -0.3 is 62.6 Å². The Balaban J connectivity index is -0.00000924. The van der Waals surface area contributed by atoms with Gasteiger partial charge in [-0.15, -0.1) is 0 Å². The molecule has 0 bridgehead atoms. The zero-order valence-corrected chi connectivity index (χ0v) is 34.9. The molecule has 46 heavy (non-hydrogen) atoms. The molecule has 0 saturated carbocycles. The molecule has 282 valence electrons. The number of hydrogen-bond acceptors (Lipinski definition) is 4. The molecule has 2 atom stereocenters. The van der Waals surface area contributed by atoms with Gasteiger partial charge in [-0.25, -0.2) is 0 Å². The predicted octanol–water partition coefficient (Wildman–Crippen LogP) is 2.52. The van der Waals surface area contributed by atoms with Crippen molar-refractivity contribution >= 4 is 0 Å². The van der Waals surface area contributed by atoms with Crippen LogP contribution in [0.5, 0.6) is 0 Å². The quantitative estimate of drug-likeness (QED) is 0.0767. The summed E-state index contributed by atoms with van der Waals surface area (Å²) in [5, 5.41) is 21.1. The first-order valence-electron chi connectivity index (χ1n) is 19.3. The summed E-state index contributed by atoms with van der Waals surface area (Å²) in [4.78, 5) is 0. The molecule has 2 unspecified atom stereocenters. The van der Waals surface area contributed by atoms with E-state index < -0.39 is 12.2 Å². The topological polar surface area (TPSA) is 58.9 Å². The molecule has 0 heterocycles. The van der Waals surface area contributed by atoms with Gasteiger partial charge in [0.05, 0.1) is 54.5 Å². The van der Waals surface area contributed by atoms with E-state index in [0.29, 0.717) is 13.2 Å². The minimum absolute atomic E-state index is 0. The van der Waals surface area contributed by atoms with E-state index in [1.165, 1.54) is 116 Å². The monoisotopic (exact) mass is 788 g/mol. The summed E-state index contributed by atoms with van der Waals surface area (Å²) in [5.74, 6) is 0. The predicted molar refractivity (Wildman–Crippen MR) is 190 cm³/mol. The molecule has 0 aromatic heterocycles. The fraction of sp³-hybridized carbons (Fsp3) is 1.00. The van der Waals surface area contributed by atoms with Gasteiger partial charge in [0.2, 0.25) is 0 Å². The van der Waals surface area contributed by atoms with Crippen molar-refractivity contribution in [2.45, 2.75) is 167 Å². The number of ether oxygens (including phenoxy) is 2. The van der Waals surface area contributed by atoms with Crippen LogP contribution in [0.15, 0.2) is 0 Å². The fourth-order valence-electron chi connectivity index (χ4n) is 6.33. The van der Waals surface area contributed by atoms with Crippen molar-refractivity contribution in [2.75, 3.05) is 80.8 Å². The molecule has 0 aliphatic rings. The van der Waals surface area contributed by atoms with Crippen LogP contribution in [0.2, 0.25) is 0 Å². The molecule has 0 aliphatic heterocycles. The average molecular weight is 791 g/mol. The molecule has 0 rings (SSSR count). The number of aliphatic hydroxyl groups excluding tert-OH is 2. The van der Waals surface area contributed by atoms with Gasteiger partial charge in [-0.3, -0.25) is 0 Å². The minimum atomic E-state index is -0.407. The maximum Gasteiger partial charge on any atom is 0.126 e. The lowest BCUT2D eigenvalue weighted by molar-refractivity contribution is -0.899. The van der Waals surface area contributed by atoms with E-state index in [4.69, 9.17) is 9.47 Å². The SMILES string of the molecule is CCCCCCCCCCCCOCC(O)C[N+](C)(C)CCCC[N+](C)(C)CC(O)COCCCCCCCCCCCC.[Br-].[Br-]. The van der Waals surface area contributed by atoms with Gasteiger partial charge in [-0.05, 0) is 12.8 Å². The van der Waals surface area contributed by atoms with Gasteiger partial charge in [-0.2, -0.15) is 0 Å². The Hall–Kier alpha value is 0.720. The molecule has 0 radical (unpaired) electrons. The fourth-order valence-corrected chi connectivity index (χ4v) is 6.33. The van der Waals surface area contributed by atoms with Gasteiger partial charge in [0.25, 0.3) is 0 Å². The Morgan fingerprint density at radius 2 is 0.674 bits per heavy atom. The highest BCUT2D eigenvalue weighted by Gasteiger charge is 2.23. The number of aliphatic hydroxyl groups is 2. The molecule has 0 aromatic rings. The van der Waals surface area contributed by atoms with E-state index in [1.807, 2.05) is 0 Å². The standard InChI is InChI=1S/C38H82N2O4.2BrH/c1-7-9-11-13-15-17-19-21-23-27-31-43-35-37(41)33-39(3,4)29-25-26-30-40(5,6)34-38(42)36-44-32-28-24-22-20-18-16-14-12-10-8-2;;/h37-38,41-42H,7-36H2,1-6H3;2*1H/q+2;;/p-2. The third-order valence-electron chi connectivity index (χ3n) is 9.09. The van der Waals surface area contributed by atoms with Crippen molar-refractivity contribution in [1.29, 1.82) is 0 Å². The Bertz CT molecular complexity index is 549. The van der Waals surface area contributed by atoms with Gasteiger partial charge in [0.15, 0.2) is 0 Å². The lowest BCUT2D eigenvalue weighted by atomic mass is 10.1. The Labute approximate surface area is 309 Å². The Morgan fingerprint density at radius 3 is 0.957 bits per heavy atom. The summed E-state index contributed by atoms with van der Waals surface area (Å²) >= 11 is 0. The molecular weight excluding hydrogens is 708 g/mol. The molecule has 6 nitrogen and oxygen atoms in total. The highest BCUT2D eigenvalue weighted by atomic mass is 79.9. The molecular formula is C38H82Br2N2O4. The summed E-state index contributed by atoms with van der Waals surface area (Å²) in [5.41, 5.74) is 0. The summed E-state index contributed by atoms with van der Waals surface area (Å²) < 4.78 is 13.2. The van der Waals surface area contributed by atoms with E-state index >= 15 is 0 Å². The highest BCUT2D eigenvalue weighted by Crippen LogP contribution is 2.13. The lowest BCUT2D eigenvalue weighted by Crippen LogP contribution is -3.00. The van der Waals surface area contributed by atoms with Crippen molar-refractivity contribution < 1.29 is 62.6 Å².